The normalized spacial score (nSPS) is 26.3. The molecule has 0 spiro atoms. The summed E-state index contributed by atoms with van der Waals surface area (Å²) < 4.78 is 10.5. The molecule has 0 fully saturated rings. The minimum Gasteiger partial charge on any atom is -0.483 e. The molecule has 0 aromatic heterocycles. The predicted molar refractivity (Wildman–Crippen MR) is 67.6 cm³/mol. The Morgan fingerprint density at radius 1 is 1.12 bits per heavy atom. The lowest BCUT2D eigenvalue weighted by molar-refractivity contribution is 0.149. The summed E-state index contributed by atoms with van der Waals surface area (Å²) in [7, 11) is 3.13. The highest BCUT2D eigenvalue weighted by Gasteiger charge is 2.33. The molecular weight excluding hydrogens is 220 g/mol. The quantitative estimate of drug-likeness (QED) is 0.810. The van der Waals surface area contributed by atoms with Crippen molar-refractivity contribution in [3.8, 4) is 0 Å². The summed E-state index contributed by atoms with van der Waals surface area (Å²) in [5.74, 6) is 1.33. The van der Waals surface area contributed by atoms with Crippen LogP contribution in [0.3, 0.4) is 0 Å². The summed E-state index contributed by atoms with van der Waals surface area (Å²) in [4.78, 5) is 8.90. The molecule has 1 N–H and O–H groups in total. The SMILES string of the molecule is CC[C@@H](O)[C@H]1N=C(OC)[C@@H](C(C)C)N=C1OC. The van der Waals surface area contributed by atoms with Gasteiger partial charge in [-0.15, -0.1) is 0 Å². The monoisotopic (exact) mass is 242 g/mol. The summed E-state index contributed by atoms with van der Waals surface area (Å²) in [5, 5.41) is 9.90. The zero-order valence-corrected chi connectivity index (χ0v) is 11.2. The van der Waals surface area contributed by atoms with Crippen molar-refractivity contribution in [2.45, 2.75) is 45.4 Å². The first kappa shape index (κ1) is 14.0. The highest BCUT2D eigenvalue weighted by atomic mass is 16.5. The molecule has 0 saturated carbocycles. The minimum atomic E-state index is -0.591. The highest BCUT2D eigenvalue weighted by molar-refractivity contribution is 5.94. The molecule has 1 rings (SSSR count). The number of hydrogen-bond donors (Lipinski definition) is 1. The Hall–Kier alpha value is -1.10. The van der Waals surface area contributed by atoms with Crippen LogP contribution in [-0.2, 0) is 9.47 Å². The average Bonchev–Trinajstić information content (AvgIpc) is 2.35. The van der Waals surface area contributed by atoms with Crippen molar-refractivity contribution < 1.29 is 14.6 Å². The van der Waals surface area contributed by atoms with E-state index in [4.69, 9.17) is 9.47 Å². The van der Waals surface area contributed by atoms with Crippen LogP contribution in [0.25, 0.3) is 0 Å². The van der Waals surface area contributed by atoms with E-state index in [0.717, 1.165) is 0 Å². The second-order valence-electron chi connectivity index (χ2n) is 4.45. The Kier molecular flexibility index (Phi) is 4.93. The molecule has 0 unspecified atom stereocenters. The van der Waals surface area contributed by atoms with Crippen LogP contribution in [0.5, 0.6) is 0 Å². The fraction of sp³-hybridized carbons (Fsp3) is 0.833. The smallest absolute Gasteiger partial charge is 0.212 e. The van der Waals surface area contributed by atoms with Crippen LogP contribution in [0, 0.1) is 5.92 Å². The van der Waals surface area contributed by atoms with E-state index >= 15 is 0 Å². The molecule has 5 nitrogen and oxygen atoms in total. The molecule has 0 aromatic carbocycles. The van der Waals surface area contributed by atoms with Gasteiger partial charge in [0.05, 0.1) is 20.3 Å². The van der Waals surface area contributed by atoms with E-state index in [-0.39, 0.29) is 12.0 Å². The number of rotatable bonds is 3. The number of aliphatic hydroxyl groups is 1. The van der Waals surface area contributed by atoms with Crippen LogP contribution >= 0.6 is 0 Å². The summed E-state index contributed by atoms with van der Waals surface area (Å²) in [6, 6.07) is -0.579. The molecule has 0 bridgehead atoms. The van der Waals surface area contributed by atoms with Gasteiger partial charge in [0.15, 0.2) is 6.04 Å². The van der Waals surface area contributed by atoms with Gasteiger partial charge in [0.1, 0.15) is 6.04 Å². The van der Waals surface area contributed by atoms with Crippen LogP contribution in [0.15, 0.2) is 9.98 Å². The summed E-state index contributed by atoms with van der Waals surface area (Å²) >= 11 is 0. The third-order valence-electron chi connectivity index (χ3n) is 2.87. The molecule has 0 aromatic rings. The fourth-order valence-corrected chi connectivity index (χ4v) is 1.79. The second-order valence-corrected chi connectivity index (χ2v) is 4.45. The first-order valence-electron chi connectivity index (χ1n) is 5.96. The van der Waals surface area contributed by atoms with E-state index in [9.17, 15) is 5.11 Å². The number of hydrogen-bond acceptors (Lipinski definition) is 5. The maximum atomic E-state index is 9.90. The van der Waals surface area contributed by atoms with Gasteiger partial charge in [-0.25, -0.2) is 9.98 Å². The van der Waals surface area contributed by atoms with Crippen molar-refractivity contribution >= 4 is 11.8 Å². The molecule has 0 aliphatic carbocycles. The number of nitrogens with zero attached hydrogens (tertiary/aromatic N) is 2. The van der Waals surface area contributed by atoms with Crippen LogP contribution < -0.4 is 0 Å². The first-order valence-corrected chi connectivity index (χ1v) is 5.96. The van der Waals surface area contributed by atoms with Crippen molar-refractivity contribution in [3.63, 3.8) is 0 Å². The molecule has 98 valence electrons. The Balaban J connectivity index is 3.02. The summed E-state index contributed by atoms with van der Waals surface area (Å²) in [5.41, 5.74) is 0. The van der Waals surface area contributed by atoms with Crippen molar-refractivity contribution in [3.05, 3.63) is 0 Å². The standard InChI is InChI=1S/C12H22N2O3/c1-6-8(15)10-12(17-5)13-9(7(2)3)11(14-10)16-4/h7-10,15H,6H2,1-5H3/t8-,9-,10-/m1/s1. The van der Waals surface area contributed by atoms with E-state index in [0.29, 0.717) is 18.2 Å². The molecule has 3 atom stereocenters. The maximum absolute atomic E-state index is 9.90. The molecule has 1 aliphatic heterocycles. The van der Waals surface area contributed by atoms with Gasteiger partial charge < -0.3 is 14.6 Å². The van der Waals surface area contributed by atoms with E-state index in [1.54, 1.807) is 14.2 Å². The van der Waals surface area contributed by atoms with Crippen LogP contribution in [0.4, 0.5) is 0 Å². The van der Waals surface area contributed by atoms with Gasteiger partial charge in [-0.2, -0.15) is 0 Å². The third kappa shape index (κ3) is 2.97. The molecule has 17 heavy (non-hydrogen) atoms. The molecule has 1 heterocycles. The van der Waals surface area contributed by atoms with Gasteiger partial charge in [0.25, 0.3) is 0 Å². The van der Waals surface area contributed by atoms with Crippen molar-refractivity contribution in [1.29, 1.82) is 0 Å². The van der Waals surface area contributed by atoms with Gasteiger partial charge >= 0.3 is 0 Å². The molecule has 0 saturated heterocycles. The highest BCUT2D eigenvalue weighted by Crippen LogP contribution is 2.19. The minimum absolute atomic E-state index is 0.129. The number of methoxy groups -OCH3 is 2. The van der Waals surface area contributed by atoms with Gasteiger partial charge in [-0.05, 0) is 12.3 Å². The Morgan fingerprint density at radius 2 is 1.59 bits per heavy atom. The van der Waals surface area contributed by atoms with Gasteiger partial charge in [-0.1, -0.05) is 20.8 Å². The largest absolute Gasteiger partial charge is 0.483 e. The topological polar surface area (TPSA) is 63.4 Å². The maximum Gasteiger partial charge on any atom is 0.212 e. The van der Waals surface area contributed by atoms with Gasteiger partial charge in [0.2, 0.25) is 11.8 Å². The van der Waals surface area contributed by atoms with Crippen LogP contribution in [0.1, 0.15) is 27.2 Å². The van der Waals surface area contributed by atoms with Crippen LogP contribution in [0.2, 0.25) is 0 Å². The first-order chi connectivity index (χ1) is 8.04. The Morgan fingerprint density at radius 3 is 2.00 bits per heavy atom. The van der Waals surface area contributed by atoms with Crippen LogP contribution in [-0.4, -0.2) is 49.3 Å². The molecule has 0 radical (unpaired) electrons. The lowest BCUT2D eigenvalue weighted by Crippen LogP contribution is -2.42. The van der Waals surface area contributed by atoms with E-state index in [2.05, 4.69) is 9.98 Å². The molecule has 0 amide bonds. The van der Waals surface area contributed by atoms with Gasteiger partial charge in [-0.3, -0.25) is 0 Å². The zero-order chi connectivity index (χ0) is 13.0. The van der Waals surface area contributed by atoms with Gasteiger partial charge in [0, 0.05) is 0 Å². The van der Waals surface area contributed by atoms with E-state index in [1.807, 2.05) is 20.8 Å². The van der Waals surface area contributed by atoms with Crippen molar-refractivity contribution in [1.82, 2.24) is 0 Å². The van der Waals surface area contributed by atoms with E-state index < -0.39 is 12.1 Å². The average molecular weight is 242 g/mol. The lowest BCUT2D eigenvalue weighted by atomic mass is 10.0. The number of ether oxygens (including phenoxy) is 2. The molecule has 5 heteroatoms. The summed E-state index contributed by atoms with van der Waals surface area (Å²) in [6.07, 6.45) is 0.00633. The lowest BCUT2D eigenvalue weighted by Gasteiger charge is -2.28. The molecular formula is C12H22N2O3. The second kappa shape index (κ2) is 6.00. The van der Waals surface area contributed by atoms with E-state index in [1.165, 1.54) is 0 Å². The number of aliphatic hydroxyl groups excluding tert-OH is 1. The third-order valence-corrected chi connectivity index (χ3v) is 2.87. The fourth-order valence-electron chi connectivity index (χ4n) is 1.79. The Bertz CT molecular complexity index is 313. The summed E-state index contributed by atoms with van der Waals surface area (Å²) in [6.45, 7) is 5.99. The van der Waals surface area contributed by atoms with Crippen molar-refractivity contribution in [2.75, 3.05) is 14.2 Å². The number of aliphatic imine (C=N–C) groups is 2. The Labute approximate surface area is 103 Å². The molecule has 1 aliphatic rings. The zero-order valence-electron chi connectivity index (χ0n) is 11.2. The van der Waals surface area contributed by atoms with Crippen molar-refractivity contribution in [2.24, 2.45) is 15.9 Å². The predicted octanol–water partition coefficient (Wildman–Crippen LogP) is 1.25.